The Balaban J connectivity index is 0.000000257. The highest BCUT2D eigenvalue weighted by Crippen LogP contribution is 2.51. The number of carbonyl (C=O) groups is 2. The van der Waals surface area contributed by atoms with Crippen molar-refractivity contribution in [3.63, 3.8) is 0 Å². The molecule has 0 saturated carbocycles. The molecule has 0 spiro atoms. The van der Waals surface area contributed by atoms with Crippen LogP contribution < -0.4 is 0 Å². The second kappa shape index (κ2) is 7.49. The molecule has 0 saturated heterocycles. The molecule has 0 radical (unpaired) electrons. The Hall–Kier alpha value is -2.50. The monoisotopic (exact) mass is 308 g/mol. The molecule has 0 aromatic heterocycles. The average Bonchev–Trinajstić information content (AvgIpc) is 2.42. The van der Waals surface area contributed by atoms with Gasteiger partial charge < -0.3 is 20.4 Å². The van der Waals surface area contributed by atoms with Crippen molar-refractivity contribution in [3.05, 3.63) is 35.4 Å². The fraction of sp³-hybridized carbons (Fsp3) is 0.375. The molecule has 3 aliphatic rings. The Kier molecular flexibility index (Phi) is 5.98. The van der Waals surface area contributed by atoms with Gasteiger partial charge in [-0.05, 0) is 25.0 Å². The molecule has 6 nitrogen and oxygen atoms in total. The third kappa shape index (κ3) is 4.51. The molecule has 2 bridgehead atoms. The summed E-state index contributed by atoms with van der Waals surface area (Å²) < 4.78 is 0. The van der Waals surface area contributed by atoms with Crippen molar-refractivity contribution in [2.45, 2.75) is 38.5 Å². The number of hydrogen-bond acceptors (Lipinski definition) is 4. The van der Waals surface area contributed by atoms with Crippen LogP contribution in [-0.2, 0) is 9.59 Å². The first-order valence-corrected chi connectivity index (χ1v) is 6.86. The normalized spacial score (nSPS) is 19.9. The number of rotatable bonds is 0. The molecule has 2 unspecified atom stereocenters. The van der Waals surface area contributed by atoms with E-state index in [1.54, 1.807) is 12.1 Å². The van der Waals surface area contributed by atoms with Gasteiger partial charge in [-0.2, -0.15) is 0 Å². The molecule has 1 aromatic carbocycles. The van der Waals surface area contributed by atoms with E-state index in [0.717, 1.165) is 37.8 Å². The number of aliphatic carboxylic acids is 2. The molecular weight excluding hydrogens is 288 g/mol. The van der Waals surface area contributed by atoms with Gasteiger partial charge in [-0.25, -0.2) is 0 Å². The summed E-state index contributed by atoms with van der Waals surface area (Å²) in [5.41, 5.74) is 1.90. The Labute approximate surface area is 128 Å². The predicted octanol–water partition coefficient (Wildman–Crippen LogP) is 2.81. The van der Waals surface area contributed by atoms with Gasteiger partial charge in [0.25, 0.3) is 11.9 Å². The predicted molar refractivity (Wildman–Crippen MR) is 80.2 cm³/mol. The summed E-state index contributed by atoms with van der Waals surface area (Å²) in [6.45, 7) is 2.17. The zero-order chi connectivity index (χ0) is 16.9. The number of carboxylic acids is 2. The molecule has 4 N–H and O–H groups in total. The van der Waals surface area contributed by atoms with E-state index >= 15 is 0 Å². The molecule has 22 heavy (non-hydrogen) atoms. The zero-order valence-corrected chi connectivity index (χ0v) is 12.5. The van der Waals surface area contributed by atoms with Crippen LogP contribution in [0, 0.1) is 0 Å². The summed E-state index contributed by atoms with van der Waals surface area (Å²) in [5.74, 6) is -0.391. The third-order valence-electron chi connectivity index (χ3n) is 3.35. The van der Waals surface area contributed by atoms with Crippen LogP contribution in [0.3, 0.4) is 0 Å². The molecule has 120 valence electrons. The average molecular weight is 308 g/mol. The number of fused-ring (bicyclic) bond motifs is 1. The van der Waals surface area contributed by atoms with Crippen LogP contribution in [-0.4, -0.2) is 32.4 Å². The number of phenolic OH excluding ortho intramolecular Hbond substituents is 2. The molecule has 0 fully saturated rings. The topological polar surface area (TPSA) is 115 Å². The van der Waals surface area contributed by atoms with Crippen LogP contribution in [0.15, 0.2) is 24.3 Å². The van der Waals surface area contributed by atoms with Crippen molar-refractivity contribution in [3.8, 4) is 11.5 Å². The highest BCUT2D eigenvalue weighted by Gasteiger charge is 2.33. The quantitative estimate of drug-likeness (QED) is 0.433. The number of benzene rings is 1. The molecule has 0 heterocycles. The largest absolute Gasteiger partial charge is 0.508 e. The lowest BCUT2D eigenvalue weighted by Crippen LogP contribution is -2.17. The maximum absolute atomic E-state index is 9.76. The minimum atomic E-state index is -0.833. The van der Waals surface area contributed by atoms with Gasteiger partial charge in [0.15, 0.2) is 0 Å². The lowest BCUT2D eigenvalue weighted by atomic mass is 9.71. The van der Waals surface area contributed by atoms with Gasteiger partial charge >= 0.3 is 0 Å². The van der Waals surface area contributed by atoms with Crippen LogP contribution in [0.4, 0.5) is 0 Å². The zero-order valence-electron chi connectivity index (χ0n) is 12.5. The van der Waals surface area contributed by atoms with Gasteiger partial charge in [0.2, 0.25) is 0 Å². The Bertz CT molecular complexity index is 532. The van der Waals surface area contributed by atoms with Crippen LogP contribution >= 0.6 is 0 Å². The van der Waals surface area contributed by atoms with E-state index in [9.17, 15) is 10.2 Å². The lowest BCUT2D eigenvalue weighted by Gasteiger charge is -2.34. The van der Waals surface area contributed by atoms with E-state index in [2.05, 4.69) is 12.2 Å². The Morgan fingerprint density at radius 2 is 1.14 bits per heavy atom. The molecule has 0 amide bonds. The van der Waals surface area contributed by atoms with Gasteiger partial charge in [0.05, 0.1) is 0 Å². The summed E-state index contributed by atoms with van der Waals surface area (Å²) in [7, 11) is 0. The summed E-state index contributed by atoms with van der Waals surface area (Å²) in [6.07, 6.45) is 6.47. The number of aromatic hydroxyl groups is 2. The summed E-state index contributed by atoms with van der Waals surface area (Å²) >= 11 is 0. The van der Waals surface area contributed by atoms with Crippen LogP contribution in [0.2, 0.25) is 0 Å². The fourth-order valence-electron chi connectivity index (χ4n) is 2.69. The standard InChI is InChI=1S/C12H12O2.2C2H4O2/c13-9-5-6-10(14)12-8-2-1-7(3-4-8)11(9)12;2*1-2(3)4/h1-2,5-8,13-14H,3-4H2;2*1H3,(H,3,4). The molecular formula is C16H20O6. The van der Waals surface area contributed by atoms with Gasteiger partial charge in [0, 0.05) is 36.8 Å². The van der Waals surface area contributed by atoms with Gasteiger partial charge in [-0.1, -0.05) is 12.2 Å². The highest BCUT2D eigenvalue weighted by atomic mass is 16.4. The van der Waals surface area contributed by atoms with Crippen molar-refractivity contribution >= 4 is 11.9 Å². The molecule has 3 aliphatic carbocycles. The van der Waals surface area contributed by atoms with E-state index in [-0.39, 0.29) is 0 Å². The van der Waals surface area contributed by atoms with Crippen molar-refractivity contribution < 1.29 is 30.0 Å². The van der Waals surface area contributed by atoms with E-state index in [1.807, 2.05) is 0 Å². The van der Waals surface area contributed by atoms with E-state index in [4.69, 9.17) is 19.8 Å². The maximum Gasteiger partial charge on any atom is 0.300 e. The summed E-state index contributed by atoms with van der Waals surface area (Å²) in [4.78, 5) is 18.0. The van der Waals surface area contributed by atoms with E-state index < -0.39 is 11.9 Å². The third-order valence-corrected chi connectivity index (χ3v) is 3.35. The maximum atomic E-state index is 9.76. The SMILES string of the molecule is CC(=O)O.CC(=O)O.Oc1ccc(O)c2c1C1C=CC2CC1. The van der Waals surface area contributed by atoms with Crippen molar-refractivity contribution in [2.24, 2.45) is 0 Å². The van der Waals surface area contributed by atoms with Gasteiger partial charge in [0.1, 0.15) is 11.5 Å². The van der Waals surface area contributed by atoms with Gasteiger partial charge in [-0.15, -0.1) is 0 Å². The van der Waals surface area contributed by atoms with Crippen LogP contribution in [0.25, 0.3) is 0 Å². The first-order chi connectivity index (χ1) is 10.2. The Morgan fingerprint density at radius 3 is 1.36 bits per heavy atom. The molecule has 6 heteroatoms. The first-order valence-electron chi connectivity index (χ1n) is 6.86. The summed E-state index contributed by atoms with van der Waals surface area (Å²) in [5, 5.41) is 34.3. The lowest BCUT2D eigenvalue weighted by molar-refractivity contribution is -0.135. The number of phenols is 2. The van der Waals surface area contributed by atoms with Crippen LogP contribution in [0.5, 0.6) is 11.5 Å². The smallest absolute Gasteiger partial charge is 0.300 e. The molecule has 2 atom stereocenters. The first kappa shape index (κ1) is 17.6. The minimum Gasteiger partial charge on any atom is -0.508 e. The fourth-order valence-corrected chi connectivity index (χ4v) is 2.69. The number of hydrogen-bond donors (Lipinski definition) is 4. The minimum absolute atomic E-state index is 0.307. The number of allylic oxidation sites excluding steroid dienone is 2. The second-order valence-corrected chi connectivity index (χ2v) is 5.14. The summed E-state index contributed by atoms with van der Waals surface area (Å²) in [6, 6.07) is 3.17. The number of carboxylic acid groups (broad SMARTS) is 2. The highest BCUT2D eigenvalue weighted by molar-refractivity contribution is 5.63. The van der Waals surface area contributed by atoms with Crippen molar-refractivity contribution in [1.29, 1.82) is 0 Å². The Morgan fingerprint density at radius 1 is 0.864 bits per heavy atom. The van der Waals surface area contributed by atoms with E-state index in [0.29, 0.717) is 23.3 Å². The second-order valence-electron chi connectivity index (χ2n) is 5.14. The van der Waals surface area contributed by atoms with Crippen molar-refractivity contribution in [1.82, 2.24) is 0 Å². The molecule has 0 aliphatic heterocycles. The van der Waals surface area contributed by atoms with E-state index in [1.165, 1.54) is 0 Å². The van der Waals surface area contributed by atoms with Crippen LogP contribution in [0.1, 0.15) is 49.7 Å². The van der Waals surface area contributed by atoms with Gasteiger partial charge in [-0.3, -0.25) is 9.59 Å². The molecule has 4 rings (SSSR count). The molecule has 1 aromatic rings. The van der Waals surface area contributed by atoms with Crippen molar-refractivity contribution in [2.75, 3.05) is 0 Å².